The zero-order chi connectivity index (χ0) is 20.5. The van der Waals surface area contributed by atoms with Crippen LogP contribution in [0.5, 0.6) is 0 Å². The van der Waals surface area contributed by atoms with E-state index in [1.807, 2.05) is 31.2 Å². The van der Waals surface area contributed by atoms with Crippen molar-refractivity contribution < 1.29 is 17.6 Å². The molecule has 0 amide bonds. The van der Waals surface area contributed by atoms with Gasteiger partial charge in [0.25, 0.3) is 5.22 Å². The van der Waals surface area contributed by atoms with Crippen molar-refractivity contribution in [3.8, 4) is 0 Å². The van der Waals surface area contributed by atoms with Gasteiger partial charge in [-0.1, -0.05) is 56.8 Å². The van der Waals surface area contributed by atoms with Gasteiger partial charge in [0.2, 0.25) is 5.89 Å². The van der Waals surface area contributed by atoms with E-state index in [0.717, 1.165) is 0 Å². The lowest BCUT2D eigenvalue weighted by Gasteiger charge is -2.19. The van der Waals surface area contributed by atoms with Crippen molar-refractivity contribution in [2.75, 3.05) is 11.5 Å². The van der Waals surface area contributed by atoms with Crippen LogP contribution in [0.25, 0.3) is 0 Å². The summed E-state index contributed by atoms with van der Waals surface area (Å²) in [6.45, 7) is 8.22. The Bertz CT molecular complexity index is 943. The lowest BCUT2D eigenvalue weighted by atomic mass is 9.86. The Hall–Kier alpha value is -1.67. The molecule has 0 saturated carbocycles. The number of sulfone groups is 1. The van der Waals surface area contributed by atoms with E-state index in [2.05, 4.69) is 31.0 Å². The first-order chi connectivity index (χ1) is 13.0. The topological polar surface area (TPSA) is 90.1 Å². The van der Waals surface area contributed by atoms with Crippen LogP contribution in [0.15, 0.2) is 33.9 Å². The number of nitrogens with zero attached hydrogens (tertiary/aromatic N) is 2. The molecular weight excluding hydrogens is 396 g/mol. The number of hydrogen-bond donors (Lipinski definition) is 0. The molecule has 28 heavy (non-hydrogen) atoms. The molecule has 1 aromatic heterocycles. The Labute approximate surface area is 170 Å². The fraction of sp³-hybridized carbons (Fsp3) is 0.550. The van der Waals surface area contributed by atoms with Crippen LogP contribution in [-0.4, -0.2) is 41.2 Å². The molecule has 2 aromatic rings. The van der Waals surface area contributed by atoms with Crippen molar-refractivity contribution in [3.63, 3.8) is 0 Å². The SMILES string of the molecule is C[C@@H](Sc1nnc(C[C@H]2CCS(=O)(=O)C2)o1)C(=O)c1ccc(C(C)(C)C)cc1. The minimum atomic E-state index is -2.92. The predicted molar refractivity (Wildman–Crippen MR) is 110 cm³/mol. The van der Waals surface area contributed by atoms with E-state index in [4.69, 9.17) is 4.42 Å². The van der Waals surface area contributed by atoms with Gasteiger partial charge in [0.1, 0.15) is 0 Å². The highest BCUT2D eigenvalue weighted by molar-refractivity contribution is 8.00. The highest BCUT2D eigenvalue weighted by Gasteiger charge is 2.29. The molecule has 0 radical (unpaired) electrons. The van der Waals surface area contributed by atoms with Crippen LogP contribution in [0.1, 0.15) is 55.9 Å². The van der Waals surface area contributed by atoms with Gasteiger partial charge in [-0.2, -0.15) is 0 Å². The van der Waals surface area contributed by atoms with E-state index in [1.165, 1.54) is 17.3 Å². The van der Waals surface area contributed by atoms with Gasteiger partial charge in [-0.15, -0.1) is 10.2 Å². The second kappa shape index (κ2) is 7.99. The molecule has 0 bridgehead atoms. The molecule has 1 fully saturated rings. The van der Waals surface area contributed by atoms with Gasteiger partial charge in [0, 0.05) is 12.0 Å². The summed E-state index contributed by atoms with van der Waals surface area (Å²) in [5, 5.41) is 7.98. The first-order valence-corrected chi connectivity index (χ1v) is 12.1. The van der Waals surface area contributed by atoms with Gasteiger partial charge in [-0.05, 0) is 30.2 Å². The average molecular weight is 423 g/mol. The molecule has 0 unspecified atom stereocenters. The number of benzene rings is 1. The summed E-state index contributed by atoms with van der Waals surface area (Å²) in [4.78, 5) is 12.7. The van der Waals surface area contributed by atoms with Gasteiger partial charge in [-0.25, -0.2) is 8.42 Å². The fourth-order valence-corrected chi connectivity index (χ4v) is 5.86. The maximum absolute atomic E-state index is 12.7. The molecule has 1 aromatic carbocycles. The van der Waals surface area contributed by atoms with Crippen molar-refractivity contribution in [1.82, 2.24) is 10.2 Å². The molecule has 152 valence electrons. The Balaban J connectivity index is 1.59. The monoisotopic (exact) mass is 422 g/mol. The largest absolute Gasteiger partial charge is 0.416 e. The van der Waals surface area contributed by atoms with E-state index in [1.54, 1.807) is 0 Å². The summed E-state index contributed by atoms with van der Waals surface area (Å²) >= 11 is 1.23. The second-order valence-electron chi connectivity index (χ2n) is 8.39. The number of thioether (sulfide) groups is 1. The van der Waals surface area contributed by atoms with Crippen LogP contribution >= 0.6 is 11.8 Å². The molecule has 1 aliphatic rings. The average Bonchev–Trinajstić information content (AvgIpc) is 3.19. The number of ketones is 1. The van der Waals surface area contributed by atoms with Crippen LogP contribution in [-0.2, 0) is 21.7 Å². The van der Waals surface area contributed by atoms with E-state index < -0.39 is 9.84 Å². The minimum Gasteiger partial charge on any atom is -0.416 e. The highest BCUT2D eigenvalue weighted by Crippen LogP contribution is 2.28. The number of rotatable bonds is 6. The molecule has 0 spiro atoms. The smallest absolute Gasteiger partial charge is 0.277 e. The zero-order valence-corrected chi connectivity index (χ0v) is 18.3. The zero-order valence-electron chi connectivity index (χ0n) is 16.6. The second-order valence-corrected chi connectivity index (χ2v) is 11.9. The van der Waals surface area contributed by atoms with Crippen LogP contribution in [0.3, 0.4) is 0 Å². The number of carbonyl (C=O) groups is 1. The first kappa shape index (κ1) is 21.0. The van der Waals surface area contributed by atoms with Gasteiger partial charge in [0.15, 0.2) is 15.6 Å². The van der Waals surface area contributed by atoms with Gasteiger partial charge < -0.3 is 4.42 Å². The summed E-state index contributed by atoms with van der Waals surface area (Å²) in [6, 6.07) is 7.70. The van der Waals surface area contributed by atoms with E-state index in [0.29, 0.717) is 29.5 Å². The maximum Gasteiger partial charge on any atom is 0.277 e. The third-order valence-corrected chi connectivity index (χ3v) is 7.69. The van der Waals surface area contributed by atoms with Crippen molar-refractivity contribution in [1.29, 1.82) is 0 Å². The molecule has 2 atom stereocenters. The van der Waals surface area contributed by atoms with Crippen LogP contribution in [0.4, 0.5) is 0 Å². The Morgan fingerprint density at radius 1 is 1.25 bits per heavy atom. The lowest BCUT2D eigenvalue weighted by molar-refractivity contribution is 0.0993. The third-order valence-electron chi connectivity index (χ3n) is 4.92. The summed E-state index contributed by atoms with van der Waals surface area (Å²) in [5.41, 5.74) is 1.88. The Morgan fingerprint density at radius 3 is 2.50 bits per heavy atom. The summed E-state index contributed by atoms with van der Waals surface area (Å²) < 4.78 is 28.7. The molecule has 8 heteroatoms. The van der Waals surface area contributed by atoms with E-state index in [-0.39, 0.29) is 33.9 Å². The van der Waals surface area contributed by atoms with Gasteiger partial charge in [0.05, 0.1) is 16.8 Å². The Kier molecular flexibility index (Phi) is 6.00. The highest BCUT2D eigenvalue weighted by atomic mass is 32.2. The van der Waals surface area contributed by atoms with Crippen molar-refractivity contribution in [3.05, 3.63) is 41.3 Å². The lowest BCUT2D eigenvalue weighted by Crippen LogP contribution is -2.15. The van der Waals surface area contributed by atoms with Crippen molar-refractivity contribution in [2.45, 2.75) is 56.4 Å². The quantitative estimate of drug-likeness (QED) is 0.518. The number of Topliss-reactive ketones (excluding diaryl/α,β-unsaturated/α-hetero) is 1. The van der Waals surface area contributed by atoms with Crippen LogP contribution in [0, 0.1) is 5.92 Å². The fourth-order valence-electron chi connectivity index (χ4n) is 3.22. The van der Waals surface area contributed by atoms with E-state index >= 15 is 0 Å². The van der Waals surface area contributed by atoms with Crippen molar-refractivity contribution in [2.24, 2.45) is 5.92 Å². The molecule has 6 nitrogen and oxygen atoms in total. The number of hydrogen-bond acceptors (Lipinski definition) is 7. The molecular formula is C20H26N2O4S2. The first-order valence-electron chi connectivity index (χ1n) is 9.38. The van der Waals surface area contributed by atoms with Crippen molar-refractivity contribution >= 4 is 27.4 Å². The van der Waals surface area contributed by atoms with Crippen LogP contribution in [0.2, 0.25) is 0 Å². The molecule has 2 heterocycles. The number of aromatic nitrogens is 2. The van der Waals surface area contributed by atoms with Crippen LogP contribution < -0.4 is 0 Å². The summed E-state index contributed by atoms with van der Waals surface area (Å²) in [7, 11) is -2.92. The molecule has 1 saturated heterocycles. The minimum absolute atomic E-state index is 0.00657. The predicted octanol–water partition coefficient (Wildman–Crippen LogP) is 3.71. The van der Waals surface area contributed by atoms with Gasteiger partial charge >= 0.3 is 0 Å². The van der Waals surface area contributed by atoms with E-state index in [9.17, 15) is 13.2 Å². The third kappa shape index (κ3) is 5.23. The summed E-state index contributed by atoms with van der Waals surface area (Å²) in [5.74, 6) is 0.874. The standard InChI is InChI=1S/C20H26N2O4S2/c1-13(18(23)15-5-7-16(8-6-15)20(2,3)4)27-19-22-21-17(26-19)11-14-9-10-28(24,25)12-14/h5-8,13-14H,9-12H2,1-4H3/t13-,14-/m1/s1. The summed E-state index contributed by atoms with van der Waals surface area (Å²) in [6.07, 6.45) is 1.09. The normalized spacial score (nSPS) is 20.2. The Morgan fingerprint density at radius 2 is 1.93 bits per heavy atom. The van der Waals surface area contributed by atoms with Gasteiger partial charge in [-0.3, -0.25) is 4.79 Å². The number of carbonyl (C=O) groups excluding carboxylic acids is 1. The molecule has 1 aliphatic heterocycles. The molecule has 0 aliphatic carbocycles. The molecule has 0 N–H and O–H groups in total. The maximum atomic E-state index is 12.7. The molecule has 3 rings (SSSR count).